The van der Waals surface area contributed by atoms with Crippen molar-refractivity contribution in [2.75, 3.05) is 33.2 Å². The fourth-order valence-corrected chi connectivity index (χ4v) is 2.45. The summed E-state index contributed by atoms with van der Waals surface area (Å²) in [5.74, 6) is 0.240. The maximum atomic E-state index is 12.5. The minimum Gasteiger partial charge on any atom is -0.368 e. The molecule has 11 nitrogen and oxygen atoms in total. The highest BCUT2D eigenvalue weighted by Gasteiger charge is 2.25. The number of carbonyl (C=O) groups excluding carboxylic acids is 2. The van der Waals surface area contributed by atoms with E-state index in [9.17, 15) is 19.7 Å². The molecule has 0 aliphatic heterocycles. The fraction of sp³-hybridized carbons (Fsp3) is 0.474. The van der Waals surface area contributed by atoms with Crippen LogP contribution in [0.4, 0.5) is 5.69 Å². The first-order valence-corrected chi connectivity index (χ1v) is 9.08. The number of hydrogen-bond donors (Lipinski definition) is 3. The Morgan fingerprint density at radius 2 is 1.93 bits per heavy atom. The summed E-state index contributed by atoms with van der Waals surface area (Å²) in [5, 5.41) is 22.4. The summed E-state index contributed by atoms with van der Waals surface area (Å²) in [6.07, 6.45) is 5.19. The number of nitrogens with zero attached hydrogens (tertiary/aromatic N) is 1. The lowest BCUT2D eigenvalue weighted by atomic mass is 9.99. The predicted octanol–water partition coefficient (Wildman–Crippen LogP) is 0.865. The first kappa shape index (κ1) is 25.0. The number of hydroxylamine groups is 1. The average molecular weight is 423 g/mol. The third kappa shape index (κ3) is 8.97. The van der Waals surface area contributed by atoms with Gasteiger partial charge in [0.2, 0.25) is 5.91 Å². The summed E-state index contributed by atoms with van der Waals surface area (Å²) >= 11 is 0. The second-order valence-corrected chi connectivity index (χ2v) is 6.08. The van der Waals surface area contributed by atoms with Crippen molar-refractivity contribution in [3.05, 3.63) is 39.9 Å². The molecule has 11 heteroatoms. The number of nitro groups is 1. The van der Waals surface area contributed by atoms with Crippen LogP contribution in [0.15, 0.2) is 24.3 Å². The molecule has 30 heavy (non-hydrogen) atoms. The SMILES string of the molecule is C#CCOCC(CC(COCOCC)NC(=O)c1ccc([N+](=O)[O-])cc1)C(=O)NO. The number of nitro benzene ring substituents is 1. The van der Waals surface area contributed by atoms with E-state index in [1.165, 1.54) is 24.3 Å². The lowest BCUT2D eigenvalue weighted by molar-refractivity contribution is -0.384. The van der Waals surface area contributed by atoms with Crippen LogP contribution in [0.5, 0.6) is 0 Å². The first-order valence-electron chi connectivity index (χ1n) is 9.08. The minimum atomic E-state index is -0.818. The van der Waals surface area contributed by atoms with Crippen LogP contribution >= 0.6 is 0 Å². The molecule has 0 spiro atoms. The molecular formula is C19H25N3O8. The molecule has 0 saturated heterocycles. The van der Waals surface area contributed by atoms with Crippen LogP contribution in [0.1, 0.15) is 23.7 Å². The van der Waals surface area contributed by atoms with E-state index in [0.29, 0.717) is 6.61 Å². The van der Waals surface area contributed by atoms with Gasteiger partial charge in [-0.25, -0.2) is 5.48 Å². The monoisotopic (exact) mass is 423 g/mol. The van der Waals surface area contributed by atoms with E-state index in [-0.39, 0.29) is 44.3 Å². The van der Waals surface area contributed by atoms with Gasteiger partial charge in [0.15, 0.2) is 0 Å². The van der Waals surface area contributed by atoms with Crippen molar-refractivity contribution in [3.63, 3.8) is 0 Å². The van der Waals surface area contributed by atoms with E-state index in [4.69, 9.17) is 25.8 Å². The molecule has 0 radical (unpaired) electrons. The van der Waals surface area contributed by atoms with Gasteiger partial charge in [-0.2, -0.15) is 0 Å². The second kappa shape index (κ2) is 14.0. The quantitative estimate of drug-likeness (QED) is 0.0996. The van der Waals surface area contributed by atoms with E-state index >= 15 is 0 Å². The lowest BCUT2D eigenvalue weighted by Gasteiger charge is -2.23. The fourth-order valence-electron chi connectivity index (χ4n) is 2.45. The number of nitrogens with one attached hydrogen (secondary N) is 2. The third-order valence-corrected chi connectivity index (χ3v) is 3.92. The zero-order valence-corrected chi connectivity index (χ0v) is 16.5. The summed E-state index contributed by atoms with van der Waals surface area (Å²) in [6.45, 7) is 2.15. The van der Waals surface area contributed by atoms with Crippen molar-refractivity contribution in [2.24, 2.45) is 5.92 Å². The molecule has 1 aromatic rings. The van der Waals surface area contributed by atoms with E-state index < -0.39 is 28.7 Å². The topological polar surface area (TPSA) is 149 Å². The van der Waals surface area contributed by atoms with Gasteiger partial charge in [-0.1, -0.05) is 5.92 Å². The van der Waals surface area contributed by atoms with Gasteiger partial charge in [0.1, 0.15) is 13.4 Å². The number of non-ortho nitro benzene ring substituents is 1. The van der Waals surface area contributed by atoms with Gasteiger partial charge in [0, 0.05) is 24.3 Å². The molecule has 0 aliphatic carbocycles. The van der Waals surface area contributed by atoms with Crippen molar-refractivity contribution in [2.45, 2.75) is 19.4 Å². The van der Waals surface area contributed by atoms with Crippen LogP contribution in [0.2, 0.25) is 0 Å². The summed E-state index contributed by atoms with van der Waals surface area (Å²) in [5.41, 5.74) is 1.61. The van der Waals surface area contributed by atoms with E-state index in [0.717, 1.165) is 0 Å². The van der Waals surface area contributed by atoms with E-state index in [2.05, 4.69) is 11.2 Å². The van der Waals surface area contributed by atoms with Crippen molar-refractivity contribution in [3.8, 4) is 12.3 Å². The molecule has 2 amide bonds. The number of hydrogen-bond acceptors (Lipinski definition) is 8. The van der Waals surface area contributed by atoms with Crippen LogP contribution in [-0.2, 0) is 19.0 Å². The minimum absolute atomic E-state index is 0.00907. The van der Waals surface area contributed by atoms with Crippen LogP contribution < -0.4 is 10.8 Å². The molecule has 2 atom stereocenters. The standard InChI is InChI=1S/C19H25N3O8/c1-3-9-29-11-15(19(24)21-25)10-16(12-30-13-28-4-2)20-18(23)14-5-7-17(8-6-14)22(26)27/h1,5-8,15-16,25H,4,9-13H2,2H3,(H,20,23)(H,21,24). The summed E-state index contributed by atoms with van der Waals surface area (Å²) in [6, 6.07) is 4.42. The molecule has 2 unspecified atom stereocenters. The van der Waals surface area contributed by atoms with Crippen molar-refractivity contribution < 1.29 is 33.9 Å². The Labute approximate surface area is 173 Å². The Morgan fingerprint density at radius 1 is 1.23 bits per heavy atom. The number of terminal acetylenes is 1. The number of ether oxygens (including phenoxy) is 3. The molecule has 164 valence electrons. The average Bonchev–Trinajstić information content (AvgIpc) is 2.75. The van der Waals surface area contributed by atoms with Crippen molar-refractivity contribution in [1.82, 2.24) is 10.8 Å². The smallest absolute Gasteiger partial charge is 0.269 e. The van der Waals surface area contributed by atoms with Gasteiger partial charge in [-0.05, 0) is 25.5 Å². The molecule has 3 N–H and O–H groups in total. The summed E-state index contributed by atoms with van der Waals surface area (Å²) < 4.78 is 15.7. The highest BCUT2D eigenvalue weighted by atomic mass is 16.7. The molecule has 1 rings (SSSR count). The number of rotatable bonds is 14. The zero-order chi connectivity index (χ0) is 22.4. The molecule has 0 fully saturated rings. The Balaban J connectivity index is 2.85. The van der Waals surface area contributed by atoms with Gasteiger partial charge in [-0.15, -0.1) is 6.42 Å². The van der Waals surface area contributed by atoms with E-state index in [1.807, 2.05) is 0 Å². The zero-order valence-electron chi connectivity index (χ0n) is 16.5. The van der Waals surface area contributed by atoms with Crippen LogP contribution in [0.25, 0.3) is 0 Å². The Hall–Kier alpha value is -3.04. The summed E-state index contributed by atoms with van der Waals surface area (Å²) in [4.78, 5) is 34.6. The third-order valence-electron chi connectivity index (χ3n) is 3.92. The van der Waals surface area contributed by atoms with Crippen molar-refractivity contribution >= 4 is 17.5 Å². The summed E-state index contributed by atoms with van der Waals surface area (Å²) in [7, 11) is 0. The maximum absolute atomic E-state index is 12.5. The number of carbonyl (C=O) groups is 2. The maximum Gasteiger partial charge on any atom is 0.269 e. The highest BCUT2D eigenvalue weighted by molar-refractivity contribution is 5.94. The largest absolute Gasteiger partial charge is 0.368 e. The van der Waals surface area contributed by atoms with Gasteiger partial charge < -0.3 is 19.5 Å². The molecule has 0 bridgehead atoms. The highest BCUT2D eigenvalue weighted by Crippen LogP contribution is 2.14. The molecular weight excluding hydrogens is 398 g/mol. The Morgan fingerprint density at radius 3 is 2.50 bits per heavy atom. The Kier molecular flexibility index (Phi) is 11.7. The van der Waals surface area contributed by atoms with Crippen LogP contribution in [-0.4, -0.2) is 61.2 Å². The van der Waals surface area contributed by atoms with Gasteiger partial charge in [0.05, 0.1) is 30.1 Å². The molecule has 1 aromatic carbocycles. The number of amides is 2. The molecule has 0 saturated carbocycles. The molecule has 0 heterocycles. The van der Waals surface area contributed by atoms with E-state index in [1.54, 1.807) is 12.4 Å². The van der Waals surface area contributed by atoms with Gasteiger partial charge in [0.25, 0.3) is 11.6 Å². The molecule has 0 aliphatic rings. The Bertz CT molecular complexity index is 732. The molecule has 0 aromatic heterocycles. The van der Waals surface area contributed by atoms with Crippen LogP contribution in [0, 0.1) is 28.4 Å². The first-order chi connectivity index (χ1) is 14.4. The lowest BCUT2D eigenvalue weighted by Crippen LogP contribution is -2.43. The number of benzene rings is 1. The van der Waals surface area contributed by atoms with Gasteiger partial charge in [-0.3, -0.25) is 24.9 Å². The van der Waals surface area contributed by atoms with Crippen molar-refractivity contribution in [1.29, 1.82) is 0 Å². The van der Waals surface area contributed by atoms with Gasteiger partial charge >= 0.3 is 0 Å². The normalized spacial score (nSPS) is 12.4. The van der Waals surface area contributed by atoms with Crippen LogP contribution in [0.3, 0.4) is 0 Å². The predicted molar refractivity (Wildman–Crippen MR) is 104 cm³/mol. The second-order valence-electron chi connectivity index (χ2n) is 6.08.